The lowest BCUT2D eigenvalue weighted by molar-refractivity contribution is -0.119. The molecule has 4 nitrogen and oxygen atoms in total. The summed E-state index contributed by atoms with van der Waals surface area (Å²) in [7, 11) is 0. The molecule has 4 heteroatoms. The standard InChI is InChI=1S/C14H22N2O2/c1-14(2,3)18-12-6-4-5-11(9-12)7-8-16-13(17)10-15/h4-6,9H,7-8,10,15H2,1-3H3,(H,16,17). The second-order valence-corrected chi connectivity index (χ2v) is 5.17. The minimum Gasteiger partial charge on any atom is -0.488 e. The van der Waals surface area contributed by atoms with E-state index in [1.54, 1.807) is 0 Å². The van der Waals surface area contributed by atoms with Crippen molar-refractivity contribution >= 4 is 5.91 Å². The molecule has 0 bridgehead atoms. The predicted octanol–water partition coefficient (Wildman–Crippen LogP) is 1.48. The van der Waals surface area contributed by atoms with E-state index < -0.39 is 0 Å². The fourth-order valence-corrected chi connectivity index (χ4v) is 1.54. The van der Waals surface area contributed by atoms with Gasteiger partial charge in [-0.05, 0) is 44.9 Å². The van der Waals surface area contributed by atoms with Crippen LogP contribution in [0.25, 0.3) is 0 Å². The molecule has 100 valence electrons. The molecule has 0 radical (unpaired) electrons. The SMILES string of the molecule is CC(C)(C)Oc1cccc(CCNC(=O)CN)c1. The van der Waals surface area contributed by atoms with Gasteiger partial charge in [-0.3, -0.25) is 4.79 Å². The summed E-state index contributed by atoms with van der Waals surface area (Å²) in [5.74, 6) is 0.724. The topological polar surface area (TPSA) is 64.3 Å². The zero-order valence-corrected chi connectivity index (χ0v) is 11.3. The number of hydrogen-bond acceptors (Lipinski definition) is 3. The lowest BCUT2D eigenvalue weighted by atomic mass is 10.1. The molecular formula is C14H22N2O2. The molecule has 0 aliphatic heterocycles. The quantitative estimate of drug-likeness (QED) is 0.832. The second-order valence-electron chi connectivity index (χ2n) is 5.17. The monoisotopic (exact) mass is 250 g/mol. The van der Waals surface area contributed by atoms with E-state index >= 15 is 0 Å². The third-order valence-electron chi connectivity index (χ3n) is 2.24. The normalized spacial score (nSPS) is 11.1. The number of rotatable bonds is 5. The Morgan fingerprint density at radius 1 is 1.39 bits per heavy atom. The van der Waals surface area contributed by atoms with Gasteiger partial charge in [0, 0.05) is 6.54 Å². The van der Waals surface area contributed by atoms with Crippen LogP contribution < -0.4 is 15.8 Å². The number of ether oxygens (including phenoxy) is 1. The minimum atomic E-state index is -0.202. The summed E-state index contributed by atoms with van der Waals surface area (Å²) in [6.45, 7) is 6.67. The highest BCUT2D eigenvalue weighted by atomic mass is 16.5. The van der Waals surface area contributed by atoms with Crippen LogP contribution in [-0.4, -0.2) is 24.6 Å². The van der Waals surface area contributed by atoms with Crippen LogP contribution in [0.4, 0.5) is 0 Å². The molecule has 1 aromatic carbocycles. The maximum Gasteiger partial charge on any atom is 0.233 e. The van der Waals surface area contributed by atoms with E-state index in [4.69, 9.17) is 10.5 Å². The van der Waals surface area contributed by atoms with Gasteiger partial charge in [0.1, 0.15) is 11.4 Å². The van der Waals surface area contributed by atoms with Crippen molar-refractivity contribution in [3.63, 3.8) is 0 Å². The second kappa shape index (κ2) is 6.40. The maximum absolute atomic E-state index is 11.0. The molecule has 0 spiro atoms. The lowest BCUT2D eigenvalue weighted by Gasteiger charge is -2.21. The van der Waals surface area contributed by atoms with Crippen LogP contribution in [0.5, 0.6) is 5.75 Å². The number of carbonyl (C=O) groups is 1. The first-order valence-electron chi connectivity index (χ1n) is 6.15. The molecule has 18 heavy (non-hydrogen) atoms. The van der Waals surface area contributed by atoms with Gasteiger partial charge in [0.25, 0.3) is 0 Å². The van der Waals surface area contributed by atoms with Gasteiger partial charge in [0.2, 0.25) is 5.91 Å². The van der Waals surface area contributed by atoms with Crippen molar-refractivity contribution in [2.24, 2.45) is 5.73 Å². The van der Waals surface area contributed by atoms with Crippen LogP contribution in [0.2, 0.25) is 0 Å². The molecule has 0 atom stereocenters. The van der Waals surface area contributed by atoms with Crippen molar-refractivity contribution in [3.8, 4) is 5.75 Å². The van der Waals surface area contributed by atoms with Gasteiger partial charge in [-0.1, -0.05) is 12.1 Å². The number of nitrogens with two attached hydrogens (primary N) is 1. The van der Waals surface area contributed by atoms with E-state index in [0.717, 1.165) is 17.7 Å². The highest BCUT2D eigenvalue weighted by Crippen LogP contribution is 2.19. The third kappa shape index (κ3) is 5.68. The van der Waals surface area contributed by atoms with E-state index in [1.165, 1.54) is 0 Å². The highest BCUT2D eigenvalue weighted by molar-refractivity contribution is 5.77. The summed E-state index contributed by atoms with van der Waals surface area (Å²) in [5, 5.41) is 2.74. The molecule has 0 aliphatic carbocycles. The zero-order chi connectivity index (χ0) is 13.6. The molecule has 0 aromatic heterocycles. The zero-order valence-electron chi connectivity index (χ0n) is 11.3. The molecule has 0 unspecified atom stereocenters. The summed E-state index contributed by atoms with van der Waals surface area (Å²) >= 11 is 0. The van der Waals surface area contributed by atoms with Crippen molar-refractivity contribution in [1.82, 2.24) is 5.32 Å². The summed E-state index contributed by atoms with van der Waals surface area (Å²) in [4.78, 5) is 11.0. The average Bonchev–Trinajstić information content (AvgIpc) is 2.27. The van der Waals surface area contributed by atoms with Crippen LogP contribution in [0.1, 0.15) is 26.3 Å². The largest absolute Gasteiger partial charge is 0.488 e. The maximum atomic E-state index is 11.0. The third-order valence-corrected chi connectivity index (χ3v) is 2.24. The summed E-state index contributed by atoms with van der Waals surface area (Å²) in [6, 6.07) is 7.92. The van der Waals surface area contributed by atoms with Crippen LogP contribution in [0.3, 0.4) is 0 Å². The van der Waals surface area contributed by atoms with Crippen molar-refractivity contribution in [1.29, 1.82) is 0 Å². The van der Waals surface area contributed by atoms with Crippen LogP contribution in [0.15, 0.2) is 24.3 Å². The Labute approximate surface area is 109 Å². The van der Waals surface area contributed by atoms with E-state index in [9.17, 15) is 4.79 Å². The van der Waals surface area contributed by atoms with Gasteiger partial charge in [0.15, 0.2) is 0 Å². The minimum absolute atomic E-state index is 0.0349. The van der Waals surface area contributed by atoms with E-state index in [-0.39, 0.29) is 18.1 Å². The fraction of sp³-hybridized carbons (Fsp3) is 0.500. The summed E-state index contributed by atoms with van der Waals surface area (Å²) in [6.07, 6.45) is 0.771. The Balaban J connectivity index is 2.52. The van der Waals surface area contributed by atoms with Gasteiger partial charge < -0.3 is 15.8 Å². The van der Waals surface area contributed by atoms with Gasteiger partial charge in [-0.25, -0.2) is 0 Å². The lowest BCUT2D eigenvalue weighted by Crippen LogP contribution is -2.31. The molecule has 0 fully saturated rings. The molecule has 1 amide bonds. The Morgan fingerprint density at radius 3 is 2.72 bits per heavy atom. The molecule has 1 rings (SSSR count). The molecule has 0 aliphatic rings. The predicted molar refractivity (Wildman–Crippen MR) is 72.6 cm³/mol. The molecule has 0 saturated carbocycles. The molecule has 0 heterocycles. The smallest absolute Gasteiger partial charge is 0.233 e. The van der Waals surface area contributed by atoms with Gasteiger partial charge in [0.05, 0.1) is 6.54 Å². The molecule has 3 N–H and O–H groups in total. The average molecular weight is 250 g/mol. The number of hydrogen-bond donors (Lipinski definition) is 2. The first-order valence-corrected chi connectivity index (χ1v) is 6.15. The number of benzene rings is 1. The highest BCUT2D eigenvalue weighted by Gasteiger charge is 2.11. The Bertz CT molecular complexity index is 397. The fourth-order valence-electron chi connectivity index (χ4n) is 1.54. The van der Waals surface area contributed by atoms with Crippen molar-refractivity contribution in [3.05, 3.63) is 29.8 Å². The van der Waals surface area contributed by atoms with Crippen molar-refractivity contribution in [2.45, 2.75) is 32.8 Å². The molecular weight excluding hydrogens is 228 g/mol. The first kappa shape index (κ1) is 14.5. The first-order chi connectivity index (χ1) is 8.40. The van der Waals surface area contributed by atoms with Crippen LogP contribution >= 0.6 is 0 Å². The van der Waals surface area contributed by atoms with Crippen molar-refractivity contribution < 1.29 is 9.53 Å². The molecule has 1 aromatic rings. The Kier molecular flexibility index (Phi) is 5.16. The Hall–Kier alpha value is -1.55. The summed E-state index contributed by atoms with van der Waals surface area (Å²) in [5.41, 5.74) is 6.14. The van der Waals surface area contributed by atoms with Crippen molar-refractivity contribution in [2.75, 3.05) is 13.1 Å². The van der Waals surface area contributed by atoms with Gasteiger partial charge in [-0.15, -0.1) is 0 Å². The Morgan fingerprint density at radius 2 is 2.11 bits per heavy atom. The summed E-state index contributed by atoms with van der Waals surface area (Å²) < 4.78 is 5.78. The van der Waals surface area contributed by atoms with E-state index in [1.807, 2.05) is 45.0 Å². The molecule has 0 saturated heterocycles. The van der Waals surface area contributed by atoms with Crippen LogP contribution in [0, 0.1) is 0 Å². The number of carbonyl (C=O) groups excluding carboxylic acids is 1. The van der Waals surface area contributed by atoms with Gasteiger partial charge in [-0.2, -0.15) is 0 Å². The van der Waals surface area contributed by atoms with E-state index in [2.05, 4.69) is 5.32 Å². The van der Waals surface area contributed by atoms with Gasteiger partial charge >= 0.3 is 0 Å². The number of amides is 1. The van der Waals surface area contributed by atoms with Crippen LogP contribution in [-0.2, 0) is 11.2 Å². The number of nitrogens with one attached hydrogen (secondary N) is 1. The van der Waals surface area contributed by atoms with E-state index in [0.29, 0.717) is 6.54 Å².